The first-order chi connectivity index (χ1) is 19.3. The number of aromatic nitrogens is 3. The summed E-state index contributed by atoms with van der Waals surface area (Å²) in [6.45, 7) is 0.260. The van der Waals surface area contributed by atoms with E-state index in [0.29, 0.717) is 40.9 Å². The lowest BCUT2D eigenvalue weighted by atomic mass is 10.0. The molecule has 0 saturated heterocycles. The van der Waals surface area contributed by atoms with E-state index in [0.717, 1.165) is 32.8 Å². The summed E-state index contributed by atoms with van der Waals surface area (Å²) in [6.07, 6.45) is 4.72. The highest BCUT2D eigenvalue weighted by molar-refractivity contribution is 6.10. The zero-order valence-electron chi connectivity index (χ0n) is 22.0. The Morgan fingerprint density at radius 3 is 2.38 bits per heavy atom. The van der Waals surface area contributed by atoms with E-state index >= 15 is 0 Å². The minimum absolute atomic E-state index is 0.260. The van der Waals surface area contributed by atoms with Crippen LogP contribution in [-0.2, 0) is 6.42 Å². The molecule has 11 nitrogen and oxygen atoms in total. The van der Waals surface area contributed by atoms with Gasteiger partial charge in [-0.05, 0) is 47.7 Å². The van der Waals surface area contributed by atoms with E-state index in [2.05, 4.69) is 15.0 Å². The number of hydrogen-bond donors (Lipinski definition) is 3. The summed E-state index contributed by atoms with van der Waals surface area (Å²) in [5.41, 5.74) is 20.7. The van der Waals surface area contributed by atoms with Crippen molar-refractivity contribution in [3.8, 4) is 34.3 Å². The number of nitrogens with zero attached hydrogens (tertiary/aromatic N) is 3. The number of nitrogens with two attached hydrogens (primary N) is 3. The van der Waals surface area contributed by atoms with Gasteiger partial charge in [0.1, 0.15) is 23.9 Å². The second-order valence-electron chi connectivity index (χ2n) is 9.09. The third-order valence-corrected chi connectivity index (χ3v) is 6.33. The van der Waals surface area contributed by atoms with Gasteiger partial charge in [0.05, 0.1) is 31.6 Å². The molecule has 5 aromatic rings. The molecule has 0 unspecified atom stereocenters. The predicted molar refractivity (Wildman–Crippen MR) is 152 cm³/mol. The number of carbonyl (C=O) groups excluding carboxylic acids is 1. The van der Waals surface area contributed by atoms with Gasteiger partial charge in [0, 0.05) is 40.8 Å². The van der Waals surface area contributed by atoms with Crippen molar-refractivity contribution in [1.29, 1.82) is 0 Å². The van der Waals surface area contributed by atoms with E-state index in [1.54, 1.807) is 44.9 Å². The van der Waals surface area contributed by atoms with Gasteiger partial charge in [0.2, 0.25) is 0 Å². The van der Waals surface area contributed by atoms with Gasteiger partial charge < -0.3 is 36.1 Å². The second-order valence-corrected chi connectivity index (χ2v) is 9.09. The summed E-state index contributed by atoms with van der Waals surface area (Å²) in [6, 6.07) is 14.2. The lowest BCUT2D eigenvalue weighted by molar-refractivity contribution is 0.211. The molecule has 1 amide bonds. The molecular formula is C29H28N6O5. The molecule has 0 bridgehead atoms. The van der Waals surface area contributed by atoms with Crippen molar-refractivity contribution in [2.45, 2.75) is 12.5 Å². The van der Waals surface area contributed by atoms with E-state index in [-0.39, 0.29) is 12.6 Å². The molecule has 0 aliphatic heterocycles. The standard InChI is InChI=1S/C29H28N6O5/c1-37-26-10-22-21-9-24(35-28(31)23(21)14-34-25(22)11-27(26)38-2)17-8-20(13-33-12-17)39-15-18(30)7-16-3-5-19(6-4-16)40-29(32)36/h3-6,8-14,18H,7,15,30H2,1-2H3,(H2,31,35)(H2,32,36)/t18-/m0/s1. The lowest BCUT2D eigenvalue weighted by Gasteiger charge is -2.14. The summed E-state index contributed by atoms with van der Waals surface area (Å²) in [7, 11) is 3.17. The molecule has 204 valence electrons. The van der Waals surface area contributed by atoms with Crippen LogP contribution in [0.25, 0.3) is 32.9 Å². The minimum atomic E-state index is -0.860. The van der Waals surface area contributed by atoms with Crippen LogP contribution < -0.4 is 36.1 Å². The first-order valence-electron chi connectivity index (χ1n) is 12.4. The Bertz CT molecular complexity index is 1690. The smallest absolute Gasteiger partial charge is 0.409 e. The van der Waals surface area contributed by atoms with E-state index in [9.17, 15) is 4.79 Å². The molecule has 3 heterocycles. The maximum atomic E-state index is 10.9. The van der Waals surface area contributed by atoms with Crippen LogP contribution in [0.3, 0.4) is 0 Å². The predicted octanol–water partition coefficient (Wildman–Crippen LogP) is 3.85. The molecule has 5 rings (SSSR count). The zero-order valence-corrected chi connectivity index (χ0v) is 22.0. The molecular weight excluding hydrogens is 512 g/mol. The van der Waals surface area contributed by atoms with Crippen LogP contribution in [0.15, 0.2) is 67.1 Å². The number of ether oxygens (including phenoxy) is 4. The Morgan fingerprint density at radius 1 is 0.900 bits per heavy atom. The molecule has 0 saturated carbocycles. The number of methoxy groups -OCH3 is 2. The van der Waals surface area contributed by atoms with Crippen LogP contribution in [0.4, 0.5) is 10.6 Å². The SMILES string of the molecule is COc1cc2ncc3c(N)nc(-c4cncc(OC[C@@H](N)Cc5ccc(OC(N)=O)cc5)c4)cc3c2cc1OC. The number of amides is 1. The fraction of sp³-hybridized carbons (Fsp3) is 0.172. The van der Waals surface area contributed by atoms with Crippen molar-refractivity contribution >= 4 is 33.6 Å². The highest BCUT2D eigenvalue weighted by atomic mass is 16.5. The summed E-state index contributed by atoms with van der Waals surface area (Å²) in [5, 5.41) is 2.45. The van der Waals surface area contributed by atoms with Crippen molar-refractivity contribution in [1.82, 2.24) is 15.0 Å². The van der Waals surface area contributed by atoms with Gasteiger partial charge in [-0.25, -0.2) is 9.78 Å². The van der Waals surface area contributed by atoms with Crippen LogP contribution in [-0.4, -0.2) is 47.9 Å². The maximum absolute atomic E-state index is 10.9. The topological polar surface area (TPSA) is 171 Å². The molecule has 2 aromatic carbocycles. The third kappa shape index (κ3) is 5.64. The average Bonchev–Trinajstić information content (AvgIpc) is 2.96. The van der Waals surface area contributed by atoms with Crippen molar-refractivity contribution in [3.63, 3.8) is 0 Å². The van der Waals surface area contributed by atoms with Crippen molar-refractivity contribution in [3.05, 3.63) is 72.7 Å². The normalized spacial score (nSPS) is 11.8. The fourth-order valence-corrected chi connectivity index (χ4v) is 4.42. The molecule has 11 heteroatoms. The summed E-state index contributed by atoms with van der Waals surface area (Å²) >= 11 is 0. The number of primary amides is 1. The molecule has 0 spiro atoms. The Labute approximate surface area is 229 Å². The van der Waals surface area contributed by atoms with E-state index in [1.165, 1.54) is 0 Å². The van der Waals surface area contributed by atoms with Crippen LogP contribution in [0.1, 0.15) is 5.56 Å². The summed E-state index contributed by atoms with van der Waals surface area (Å²) < 4.78 is 21.7. The molecule has 0 aliphatic carbocycles. The molecule has 3 aromatic heterocycles. The van der Waals surface area contributed by atoms with Gasteiger partial charge in [-0.1, -0.05) is 12.1 Å². The molecule has 40 heavy (non-hydrogen) atoms. The highest BCUT2D eigenvalue weighted by Crippen LogP contribution is 2.37. The minimum Gasteiger partial charge on any atom is -0.493 e. The van der Waals surface area contributed by atoms with Crippen molar-refractivity contribution in [2.24, 2.45) is 11.5 Å². The molecule has 0 aliphatic rings. The largest absolute Gasteiger partial charge is 0.493 e. The van der Waals surface area contributed by atoms with Gasteiger partial charge in [-0.15, -0.1) is 0 Å². The zero-order chi connectivity index (χ0) is 28.2. The number of benzene rings is 2. The number of carbonyl (C=O) groups is 1. The van der Waals surface area contributed by atoms with Gasteiger partial charge >= 0.3 is 6.09 Å². The number of anilines is 1. The van der Waals surface area contributed by atoms with Crippen LogP contribution >= 0.6 is 0 Å². The average molecular weight is 541 g/mol. The van der Waals surface area contributed by atoms with E-state index in [4.69, 9.17) is 36.1 Å². The molecule has 0 fully saturated rings. The van der Waals surface area contributed by atoms with Crippen LogP contribution in [0.5, 0.6) is 23.0 Å². The number of fused-ring (bicyclic) bond motifs is 3. The molecule has 6 N–H and O–H groups in total. The van der Waals surface area contributed by atoms with Gasteiger partial charge in [0.25, 0.3) is 0 Å². The fourth-order valence-electron chi connectivity index (χ4n) is 4.42. The first kappa shape index (κ1) is 26.4. The number of nitrogen functional groups attached to an aromatic ring is 1. The first-order valence-corrected chi connectivity index (χ1v) is 12.4. The second kappa shape index (κ2) is 11.3. The Morgan fingerprint density at radius 2 is 1.65 bits per heavy atom. The third-order valence-electron chi connectivity index (χ3n) is 6.33. The van der Waals surface area contributed by atoms with E-state index in [1.807, 2.05) is 36.4 Å². The van der Waals surface area contributed by atoms with Gasteiger partial charge in [-0.2, -0.15) is 0 Å². The maximum Gasteiger partial charge on any atom is 0.409 e. The van der Waals surface area contributed by atoms with Crippen molar-refractivity contribution in [2.75, 3.05) is 26.6 Å². The van der Waals surface area contributed by atoms with Crippen molar-refractivity contribution < 1.29 is 23.7 Å². The van der Waals surface area contributed by atoms with Crippen LogP contribution in [0.2, 0.25) is 0 Å². The lowest BCUT2D eigenvalue weighted by Crippen LogP contribution is -2.30. The van der Waals surface area contributed by atoms with Gasteiger partial charge in [0.15, 0.2) is 11.5 Å². The Kier molecular flexibility index (Phi) is 7.47. The number of pyridine rings is 3. The monoisotopic (exact) mass is 540 g/mol. The van der Waals surface area contributed by atoms with Gasteiger partial charge in [-0.3, -0.25) is 9.97 Å². The number of hydrogen-bond acceptors (Lipinski definition) is 10. The molecule has 0 radical (unpaired) electrons. The highest BCUT2D eigenvalue weighted by Gasteiger charge is 2.14. The Balaban J connectivity index is 1.36. The summed E-state index contributed by atoms with van der Waals surface area (Å²) in [4.78, 5) is 24.3. The number of rotatable bonds is 9. The quantitative estimate of drug-likeness (QED) is 0.233. The molecule has 1 atom stereocenters. The summed E-state index contributed by atoms with van der Waals surface area (Å²) in [5.74, 6) is 2.44. The Hall–Kier alpha value is -5.16. The van der Waals surface area contributed by atoms with E-state index < -0.39 is 6.09 Å². The van der Waals surface area contributed by atoms with Crippen LogP contribution in [0, 0.1) is 0 Å².